The van der Waals surface area contributed by atoms with Crippen molar-refractivity contribution in [3.05, 3.63) is 145 Å². The molecule has 0 atom stereocenters. The highest BCUT2D eigenvalue weighted by Crippen LogP contribution is 2.45. The third-order valence-electron chi connectivity index (χ3n) is 6.82. The number of hydrogen-bond acceptors (Lipinski definition) is 1. The summed E-state index contributed by atoms with van der Waals surface area (Å²) in [7, 11) is 0. The average Bonchev–Trinajstić information content (AvgIpc) is 3.68. The van der Waals surface area contributed by atoms with E-state index in [0.29, 0.717) is 0 Å². The quantitative estimate of drug-likeness (QED) is 0.197. The topological polar surface area (TPSA) is 13.1 Å². The van der Waals surface area contributed by atoms with Crippen molar-refractivity contribution in [3.8, 4) is 22.3 Å². The third kappa shape index (κ3) is 3.30. The van der Waals surface area contributed by atoms with Crippen LogP contribution in [-0.4, -0.2) is 0 Å². The van der Waals surface area contributed by atoms with E-state index < -0.39 is 222 Å². The largest absolute Gasteiger partial charge is 0.456 e. The van der Waals surface area contributed by atoms with E-state index in [4.69, 9.17) is 25.0 Å². The van der Waals surface area contributed by atoms with Gasteiger partial charge >= 0.3 is 0 Å². The van der Waals surface area contributed by atoms with Gasteiger partial charge in [-0.3, -0.25) is 0 Å². The molecule has 0 fully saturated rings. The fraction of sp³-hybridized carbons (Fsp3) is 0. The molecule has 0 saturated heterocycles. The van der Waals surface area contributed by atoms with E-state index in [1.54, 1.807) is 0 Å². The predicted octanol–water partition coefficient (Wildman–Crippen LogP) is 11.5. The summed E-state index contributed by atoms with van der Waals surface area (Å²) in [6.07, 6.45) is 0. The first-order valence-electron chi connectivity index (χ1n) is 24.2. The van der Waals surface area contributed by atoms with Crippen LogP contribution in [0.5, 0.6) is 0 Å². The highest BCUT2D eigenvalue weighted by Gasteiger charge is 2.18. The summed E-state index contributed by atoms with van der Waals surface area (Å²) in [4.78, 5) is 0. The van der Waals surface area contributed by atoms with Crippen LogP contribution in [0.25, 0.3) is 87.3 Å². The van der Waals surface area contributed by atoms with Crippen molar-refractivity contribution in [2.75, 3.05) is 0 Å². The van der Waals surface area contributed by atoms with E-state index in [9.17, 15) is 12.3 Å². The Hall–Kier alpha value is -5.40. The lowest BCUT2D eigenvalue weighted by Gasteiger charge is -2.18. The molecule has 0 bridgehead atoms. The molecule has 0 N–H and O–H groups in total. The SMILES string of the molecule is [2H]c1c([2H])c([2H])c2c([2H])c(-c3c4c([2H])c([2H])c([2H])c([2H])c4c(-c4c([2H])c([2H])c5c(oc6c([2H])c([2H])c7c([2H])c([2H])c([2H])c([2H])c7c65)c4[2H])c4c([2H])c([2H])c([2H])c([2H])c34)c([2H])c([2H])c2c1[2H]. The molecule has 41 heavy (non-hydrogen) atoms. The van der Waals surface area contributed by atoms with Gasteiger partial charge in [0, 0.05) is 10.8 Å². The van der Waals surface area contributed by atoms with Gasteiger partial charge in [0.15, 0.2) is 0 Å². The van der Waals surface area contributed by atoms with Crippen LogP contribution >= 0.6 is 0 Å². The number of benzene rings is 8. The van der Waals surface area contributed by atoms with E-state index in [2.05, 4.69) is 0 Å². The lowest BCUT2D eigenvalue weighted by atomic mass is 9.85. The maximum atomic E-state index is 9.63. The Kier molecular flexibility index (Phi) is 1.94. The van der Waals surface area contributed by atoms with Gasteiger partial charge in [-0.05, 0) is 89.5 Å². The lowest BCUT2D eigenvalue weighted by molar-refractivity contribution is 0.669. The molecule has 0 aliphatic heterocycles. The van der Waals surface area contributed by atoms with Gasteiger partial charge in [-0.25, -0.2) is 0 Å². The third-order valence-corrected chi connectivity index (χ3v) is 6.82. The monoisotopic (exact) mass is 544 g/mol. The van der Waals surface area contributed by atoms with E-state index in [0.717, 1.165) is 0 Å². The van der Waals surface area contributed by atoms with Crippen LogP contribution in [0.15, 0.2) is 149 Å². The number of rotatable bonds is 2. The van der Waals surface area contributed by atoms with Gasteiger partial charge in [-0.15, -0.1) is 0 Å². The summed E-state index contributed by atoms with van der Waals surface area (Å²) in [6.45, 7) is 0. The van der Waals surface area contributed by atoms with Gasteiger partial charge in [0.05, 0.1) is 32.9 Å². The molecule has 0 spiro atoms. The van der Waals surface area contributed by atoms with Gasteiger partial charge in [0.25, 0.3) is 0 Å². The first-order valence-corrected chi connectivity index (χ1v) is 12.2. The zero-order valence-corrected chi connectivity index (χ0v) is 20.4. The highest BCUT2D eigenvalue weighted by atomic mass is 16.3. The standard InChI is InChI=1S/C40H24O/c1-2-11-27-23-28(18-17-25(27)9-1)38-31-13-5-7-15-33(31)39(34-16-8-6-14-32(34)38)29-19-21-35-37(24-29)41-36-22-20-26-10-3-4-12-30(26)40(35)36/h1-24H/i1D,2D,3D,4D,5D,6D,7D,8D,9D,10D,11D,12D,13D,14D,15D,16D,17D,18D,19D,20D,21D,22D,23D,24D. The Morgan fingerprint density at radius 1 is 0.366 bits per heavy atom. The minimum atomic E-state index is -0.933. The molecule has 0 aliphatic carbocycles. The van der Waals surface area contributed by atoms with Crippen LogP contribution in [0.2, 0.25) is 0 Å². The van der Waals surface area contributed by atoms with Crippen LogP contribution < -0.4 is 0 Å². The van der Waals surface area contributed by atoms with Crippen molar-refractivity contribution in [3.63, 3.8) is 0 Å². The first kappa shape index (κ1) is 9.33. The van der Waals surface area contributed by atoms with Crippen LogP contribution in [0, 0.1) is 0 Å². The summed E-state index contributed by atoms with van der Waals surface area (Å²) in [6, 6.07) is -20.1. The second-order valence-electron chi connectivity index (χ2n) is 9.01. The second kappa shape index (κ2) is 8.55. The average molecular weight is 545 g/mol. The molecule has 1 heteroatoms. The van der Waals surface area contributed by atoms with Gasteiger partial charge in [-0.1, -0.05) is 121 Å². The molecule has 1 nitrogen and oxygen atoms in total. The fourth-order valence-corrected chi connectivity index (χ4v) is 5.10. The van der Waals surface area contributed by atoms with Gasteiger partial charge in [0.2, 0.25) is 0 Å². The molecule has 0 radical (unpaired) electrons. The van der Waals surface area contributed by atoms with Crippen LogP contribution in [0.4, 0.5) is 0 Å². The molecule has 9 aromatic rings. The highest BCUT2D eigenvalue weighted by molar-refractivity contribution is 6.23. The normalized spacial score (nSPS) is 20.1. The first-order chi connectivity index (χ1) is 30.3. The molecule has 0 saturated carbocycles. The summed E-state index contributed by atoms with van der Waals surface area (Å²) in [5, 5.41) is -5.27. The van der Waals surface area contributed by atoms with Crippen molar-refractivity contribution in [1.29, 1.82) is 0 Å². The fourth-order valence-electron chi connectivity index (χ4n) is 5.10. The zero-order chi connectivity index (χ0) is 47.8. The summed E-state index contributed by atoms with van der Waals surface area (Å²) in [5.74, 6) is 0. The summed E-state index contributed by atoms with van der Waals surface area (Å²) >= 11 is 0. The number of furan rings is 1. The van der Waals surface area contributed by atoms with E-state index >= 15 is 0 Å². The van der Waals surface area contributed by atoms with Crippen molar-refractivity contribution in [1.82, 2.24) is 0 Å². The number of fused-ring (bicyclic) bond motifs is 8. The Morgan fingerprint density at radius 2 is 0.878 bits per heavy atom. The molecule has 1 aromatic heterocycles. The molecular weight excluding hydrogens is 496 g/mol. The molecule has 0 unspecified atom stereocenters. The molecule has 9 rings (SSSR count). The van der Waals surface area contributed by atoms with Gasteiger partial charge < -0.3 is 4.42 Å². The summed E-state index contributed by atoms with van der Waals surface area (Å²) in [5.41, 5.74) is -3.85. The zero-order valence-electron chi connectivity index (χ0n) is 44.4. The predicted molar refractivity (Wildman–Crippen MR) is 175 cm³/mol. The molecule has 0 amide bonds. The summed E-state index contributed by atoms with van der Waals surface area (Å²) < 4.78 is 219. The van der Waals surface area contributed by atoms with Gasteiger partial charge in [-0.2, -0.15) is 0 Å². The minimum absolute atomic E-state index is 0.318. The minimum Gasteiger partial charge on any atom is -0.456 e. The van der Waals surface area contributed by atoms with E-state index in [1.165, 1.54) is 0 Å². The Bertz CT molecular complexity index is 3740. The maximum absolute atomic E-state index is 9.63. The van der Waals surface area contributed by atoms with E-state index in [1.807, 2.05) is 0 Å². The molecular formula is C40H24O. The van der Waals surface area contributed by atoms with Crippen molar-refractivity contribution >= 4 is 65.0 Å². The van der Waals surface area contributed by atoms with E-state index in [-0.39, 0.29) is 10.8 Å². The molecule has 1 heterocycles. The van der Waals surface area contributed by atoms with Gasteiger partial charge in [0.1, 0.15) is 11.2 Å². The lowest BCUT2D eigenvalue weighted by Crippen LogP contribution is -1.91. The van der Waals surface area contributed by atoms with Crippen molar-refractivity contribution < 1.29 is 37.3 Å². The second-order valence-corrected chi connectivity index (χ2v) is 9.01. The van der Waals surface area contributed by atoms with Crippen molar-refractivity contribution in [2.45, 2.75) is 0 Å². The maximum Gasteiger partial charge on any atom is 0.136 e. The molecule has 8 aromatic carbocycles. The Labute approximate surface area is 270 Å². The smallest absolute Gasteiger partial charge is 0.136 e. The van der Waals surface area contributed by atoms with Crippen LogP contribution in [-0.2, 0) is 0 Å². The van der Waals surface area contributed by atoms with Crippen LogP contribution in [0.3, 0.4) is 0 Å². The van der Waals surface area contributed by atoms with Crippen LogP contribution in [0.1, 0.15) is 32.9 Å². The molecule has 0 aliphatic rings. The molecule has 190 valence electrons. The van der Waals surface area contributed by atoms with Crippen molar-refractivity contribution in [2.24, 2.45) is 0 Å². The number of hydrogen-bond donors (Lipinski definition) is 0. The Balaban J connectivity index is 1.61. The Morgan fingerprint density at radius 3 is 1.56 bits per heavy atom.